The minimum absolute atomic E-state index is 0.150. The molecule has 0 aliphatic carbocycles. The number of ether oxygens (including phenoxy) is 4. The van der Waals surface area contributed by atoms with E-state index in [1.807, 2.05) is 35.7 Å². The van der Waals surface area contributed by atoms with Crippen LogP contribution in [0.4, 0.5) is 5.13 Å². The van der Waals surface area contributed by atoms with Crippen molar-refractivity contribution in [1.82, 2.24) is 4.98 Å². The van der Waals surface area contributed by atoms with Crippen LogP contribution in [0.1, 0.15) is 0 Å². The Balaban J connectivity index is 1.46. The van der Waals surface area contributed by atoms with E-state index >= 15 is 0 Å². The number of nitrogens with zero attached hydrogens (tertiary/aromatic N) is 1. The molecule has 4 rings (SSSR count). The third-order valence-electron chi connectivity index (χ3n) is 4.21. The maximum Gasteiger partial charge on any atom is 0.270 e. The standard InChI is InChI=1S/C20H18N2O5S/c1-24-14-8-7-12(9-17(14)25-2)13-11-28-20(21-13)22-19(23)18-10-26-15-5-3-4-6-16(15)27-18/h3-9,11,18H,10H2,1-2H3,(H,21,22,23)/t18-/m0/s1. The highest BCUT2D eigenvalue weighted by Gasteiger charge is 2.28. The van der Waals surface area contributed by atoms with Crippen LogP contribution >= 0.6 is 11.3 Å². The predicted octanol–water partition coefficient (Wildman–Crippen LogP) is 3.61. The van der Waals surface area contributed by atoms with E-state index in [4.69, 9.17) is 18.9 Å². The van der Waals surface area contributed by atoms with Crippen molar-refractivity contribution >= 4 is 22.4 Å². The maximum absolute atomic E-state index is 12.5. The second-order valence-corrected chi connectivity index (χ2v) is 6.82. The summed E-state index contributed by atoms with van der Waals surface area (Å²) in [5.41, 5.74) is 1.59. The summed E-state index contributed by atoms with van der Waals surface area (Å²) in [7, 11) is 3.17. The number of thiazole rings is 1. The SMILES string of the molecule is COc1ccc(-c2csc(NC(=O)[C@@H]3COc4ccccc4O3)n2)cc1OC. The molecule has 0 bridgehead atoms. The molecule has 1 amide bonds. The second kappa shape index (κ2) is 7.77. The van der Waals surface area contributed by atoms with Crippen molar-refractivity contribution in [2.24, 2.45) is 0 Å². The van der Waals surface area contributed by atoms with Gasteiger partial charge in [0, 0.05) is 10.9 Å². The zero-order chi connectivity index (χ0) is 19.5. The van der Waals surface area contributed by atoms with E-state index < -0.39 is 6.10 Å². The summed E-state index contributed by atoms with van der Waals surface area (Å²) in [4.78, 5) is 17.0. The van der Waals surface area contributed by atoms with Crippen molar-refractivity contribution in [3.8, 4) is 34.3 Å². The molecule has 8 heteroatoms. The van der Waals surface area contributed by atoms with Crippen LogP contribution in [0.2, 0.25) is 0 Å². The summed E-state index contributed by atoms with van der Waals surface area (Å²) in [6, 6.07) is 12.8. The zero-order valence-corrected chi connectivity index (χ0v) is 16.1. The number of rotatable bonds is 5. The average Bonchev–Trinajstić information content (AvgIpc) is 3.21. The Hall–Kier alpha value is -3.26. The number of benzene rings is 2. The molecule has 0 spiro atoms. The number of aromatic nitrogens is 1. The number of nitrogens with one attached hydrogen (secondary N) is 1. The molecule has 0 saturated carbocycles. The second-order valence-electron chi connectivity index (χ2n) is 5.96. The Morgan fingerprint density at radius 1 is 1.14 bits per heavy atom. The smallest absolute Gasteiger partial charge is 0.270 e. The molecule has 2 aromatic carbocycles. The number of carbonyl (C=O) groups excluding carboxylic acids is 1. The summed E-state index contributed by atoms with van der Waals surface area (Å²) in [6.07, 6.45) is -0.733. The first-order chi connectivity index (χ1) is 13.7. The van der Waals surface area contributed by atoms with Gasteiger partial charge in [-0.3, -0.25) is 10.1 Å². The van der Waals surface area contributed by atoms with E-state index in [0.717, 1.165) is 11.3 Å². The van der Waals surface area contributed by atoms with Gasteiger partial charge >= 0.3 is 0 Å². The topological polar surface area (TPSA) is 78.9 Å². The number of hydrogen-bond donors (Lipinski definition) is 1. The van der Waals surface area contributed by atoms with Crippen molar-refractivity contribution in [3.63, 3.8) is 0 Å². The molecule has 1 aromatic heterocycles. The Kier molecular flexibility index (Phi) is 5.03. The van der Waals surface area contributed by atoms with Gasteiger partial charge in [0.15, 0.2) is 28.1 Å². The average molecular weight is 398 g/mol. The first-order valence-electron chi connectivity index (χ1n) is 8.55. The Labute approximate surface area is 165 Å². The van der Waals surface area contributed by atoms with Gasteiger partial charge in [0.2, 0.25) is 6.10 Å². The number of anilines is 1. The van der Waals surface area contributed by atoms with E-state index in [1.165, 1.54) is 11.3 Å². The third kappa shape index (κ3) is 3.59. The fourth-order valence-electron chi connectivity index (χ4n) is 2.79. The molecule has 0 unspecified atom stereocenters. The molecule has 2 heterocycles. The van der Waals surface area contributed by atoms with Crippen molar-refractivity contribution in [1.29, 1.82) is 0 Å². The van der Waals surface area contributed by atoms with Crippen LogP contribution in [0, 0.1) is 0 Å². The van der Waals surface area contributed by atoms with Gasteiger partial charge in [0.25, 0.3) is 5.91 Å². The molecule has 1 aliphatic rings. The molecule has 144 valence electrons. The number of methoxy groups -OCH3 is 2. The Bertz CT molecular complexity index is 1000. The highest BCUT2D eigenvalue weighted by Crippen LogP contribution is 2.34. The van der Waals surface area contributed by atoms with E-state index in [1.54, 1.807) is 26.4 Å². The molecular weight excluding hydrogens is 380 g/mol. The van der Waals surface area contributed by atoms with E-state index in [9.17, 15) is 4.79 Å². The van der Waals surface area contributed by atoms with Crippen LogP contribution in [0.5, 0.6) is 23.0 Å². The van der Waals surface area contributed by atoms with Crippen LogP contribution in [0.3, 0.4) is 0 Å². The molecule has 1 N–H and O–H groups in total. The minimum Gasteiger partial charge on any atom is -0.493 e. The first kappa shape index (κ1) is 18.1. The van der Waals surface area contributed by atoms with Crippen LogP contribution < -0.4 is 24.3 Å². The number of carbonyl (C=O) groups is 1. The fourth-order valence-corrected chi connectivity index (χ4v) is 3.52. The van der Waals surface area contributed by atoms with Crippen LogP contribution in [0.15, 0.2) is 47.8 Å². The summed E-state index contributed by atoms with van der Waals surface area (Å²) in [5, 5.41) is 5.14. The van der Waals surface area contributed by atoms with Crippen molar-refractivity contribution in [2.75, 3.05) is 26.1 Å². The number of amides is 1. The van der Waals surface area contributed by atoms with Gasteiger partial charge in [-0.15, -0.1) is 11.3 Å². The van der Waals surface area contributed by atoms with Crippen molar-refractivity contribution in [3.05, 3.63) is 47.8 Å². The molecule has 7 nitrogen and oxygen atoms in total. The highest BCUT2D eigenvalue weighted by molar-refractivity contribution is 7.14. The molecule has 0 fully saturated rings. The van der Waals surface area contributed by atoms with Gasteiger partial charge in [-0.05, 0) is 30.3 Å². The van der Waals surface area contributed by atoms with E-state index in [2.05, 4.69) is 10.3 Å². The van der Waals surface area contributed by atoms with Crippen molar-refractivity contribution in [2.45, 2.75) is 6.10 Å². The van der Waals surface area contributed by atoms with Gasteiger partial charge < -0.3 is 18.9 Å². The normalized spacial score (nSPS) is 15.0. The molecule has 0 radical (unpaired) electrons. The Morgan fingerprint density at radius 3 is 2.71 bits per heavy atom. The molecule has 0 saturated heterocycles. The predicted molar refractivity (Wildman–Crippen MR) is 106 cm³/mol. The van der Waals surface area contributed by atoms with Gasteiger partial charge in [-0.25, -0.2) is 4.98 Å². The van der Waals surface area contributed by atoms with Gasteiger partial charge in [-0.2, -0.15) is 0 Å². The maximum atomic E-state index is 12.5. The number of fused-ring (bicyclic) bond motifs is 1. The first-order valence-corrected chi connectivity index (χ1v) is 9.43. The van der Waals surface area contributed by atoms with Gasteiger partial charge in [0.1, 0.15) is 6.61 Å². The lowest BCUT2D eigenvalue weighted by atomic mass is 10.1. The molecule has 1 atom stereocenters. The number of hydrogen-bond acceptors (Lipinski definition) is 7. The fraction of sp³-hybridized carbons (Fsp3) is 0.200. The largest absolute Gasteiger partial charge is 0.493 e. The van der Waals surface area contributed by atoms with Crippen LogP contribution in [-0.2, 0) is 4.79 Å². The zero-order valence-electron chi connectivity index (χ0n) is 15.3. The quantitative estimate of drug-likeness (QED) is 0.707. The van der Waals surface area contributed by atoms with Crippen molar-refractivity contribution < 1.29 is 23.7 Å². The van der Waals surface area contributed by atoms with Crippen LogP contribution in [0.25, 0.3) is 11.3 Å². The number of para-hydroxylation sites is 2. The van der Waals surface area contributed by atoms with Crippen LogP contribution in [-0.4, -0.2) is 37.8 Å². The summed E-state index contributed by atoms with van der Waals surface area (Å²) >= 11 is 1.33. The third-order valence-corrected chi connectivity index (χ3v) is 4.97. The summed E-state index contributed by atoms with van der Waals surface area (Å²) in [6.45, 7) is 0.150. The lowest BCUT2D eigenvalue weighted by Crippen LogP contribution is -2.40. The summed E-state index contributed by atoms with van der Waals surface area (Å²) in [5.74, 6) is 2.15. The minimum atomic E-state index is -0.733. The summed E-state index contributed by atoms with van der Waals surface area (Å²) < 4.78 is 21.9. The lowest BCUT2D eigenvalue weighted by Gasteiger charge is -2.25. The lowest BCUT2D eigenvalue weighted by molar-refractivity contribution is -0.125. The highest BCUT2D eigenvalue weighted by atomic mass is 32.1. The Morgan fingerprint density at radius 2 is 1.93 bits per heavy atom. The molecule has 1 aliphatic heterocycles. The molecule has 3 aromatic rings. The van der Waals surface area contributed by atoms with E-state index in [-0.39, 0.29) is 12.5 Å². The molecule has 28 heavy (non-hydrogen) atoms. The van der Waals surface area contributed by atoms with Gasteiger partial charge in [0.05, 0.1) is 19.9 Å². The monoisotopic (exact) mass is 398 g/mol. The van der Waals surface area contributed by atoms with E-state index in [0.29, 0.717) is 28.1 Å². The molecular formula is C20H18N2O5S. The van der Waals surface area contributed by atoms with Gasteiger partial charge in [-0.1, -0.05) is 12.1 Å².